The van der Waals surface area contributed by atoms with Crippen LogP contribution in [0.15, 0.2) is 34.6 Å². The van der Waals surface area contributed by atoms with Crippen molar-refractivity contribution >= 4 is 41.3 Å². The Morgan fingerprint density at radius 1 is 1.27 bits per heavy atom. The topological polar surface area (TPSA) is 61.8 Å². The minimum Gasteiger partial charge on any atom is -0.379 e. The van der Waals surface area contributed by atoms with E-state index in [1.54, 1.807) is 11.3 Å². The average molecular weight is 544 g/mol. The van der Waals surface area contributed by atoms with E-state index in [-0.39, 0.29) is 30.0 Å². The Morgan fingerprint density at radius 2 is 2.07 bits per heavy atom. The van der Waals surface area contributed by atoms with Gasteiger partial charge in [0.15, 0.2) is 5.96 Å². The third kappa shape index (κ3) is 7.79. The van der Waals surface area contributed by atoms with E-state index in [1.165, 1.54) is 11.1 Å². The fourth-order valence-electron chi connectivity index (χ4n) is 3.55. The van der Waals surface area contributed by atoms with Gasteiger partial charge in [-0.1, -0.05) is 29.8 Å². The van der Waals surface area contributed by atoms with Crippen LogP contribution in [-0.2, 0) is 11.2 Å². The molecule has 6 nitrogen and oxygen atoms in total. The van der Waals surface area contributed by atoms with E-state index in [9.17, 15) is 0 Å². The number of nitrogens with one attached hydrogen (secondary N) is 2. The lowest BCUT2D eigenvalue weighted by Gasteiger charge is -2.34. The normalized spacial score (nSPS) is 16.0. The Hall–Kier alpha value is -1.23. The molecule has 1 saturated heterocycles. The zero-order valence-electron chi connectivity index (χ0n) is 18.2. The van der Waals surface area contributed by atoms with Gasteiger partial charge < -0.3 is 15.4 Å². The summed E-state index contributed by atoms with van der Waals surface area (Å²) in [5.41, 5.74) is 3.75. The van der Waals surface area contributed by atoms with E-state index in [1.807, 2.05) is 6.92 Å². The van der Waals surface area contributed by atoms with E-state index in [0.29, 0.717) is 6.54 Å². The zero-order chi connectivity index (χ0) is 20.5. The standard InChI is InChI=1S/C22H33N5OS.HI/c1-4-23-22(24-9-8-20-16-29-18(3)26-20)25-15-21(27-10-12-28-13-11-27)19-7-5-6-17(2)14-19;/h5-7,14,16,21H,4,8-13,15H2,1-3H3,(H2,23,24,25);1H. The Kier molecular flexibility index (Phi) is 11.0. The SMILES string of the molecule is CCNC(=NCC(c1cccc(C)c1)N1CCOCC1)NCCc1csc(C)n1.I. The van der Waals surface area contributed by atoms with Gasteiger partial charge in [-0.2, -0.15) is 0 Å². The molecule has 0 aliphatic carbocycles. The molecule has 8 heteroatoms. The summed E-state index contributed by atoms with van der Waals surface area (Å²) in [7, 11) is 0. The number of ether oxygens (including phenoxy) is 1. The lowest BCUT2D eigenvalue weighted by atomic mass is 10.0. The number of aromatic nitrogens is 1. The number of benzene rings is 1. The van der Waals surface area contributed by atoms with E-state index in [0.717, 1.165) is 62.5 Å². The van der Waals surface area contributed by atoms with E-state index in [2.05, 4.69) is 64.0 Å². The Bertz CT molecular complexity index is 791. The van der Waals surface area contributed by atoms with Crippen LogP contribution in [0.2, 0.25) is 0 Å². The highest BCUT2D eigenvalue weighted by atomic mass is 127. The van der Waals surface area contributed by atoms with Crippen LogP contribution >= 0.6 is 35.3 Å². The number of hydrogen-bond donors (Lipinski definition) is 2. The number of thiazole rings is 1. The van der Waals surface area contributed by atoms with Crippen molar-refractivity contribution in [2.75, 3.05) is 45.9 Å². The molecule has 2 aromatic rings. The summed E-state index contributed by atoms with van der Waals surface area (Å²) in [5.74, 6) is 0.866. The molecule has 0 amide bonds. The highest BCUT2D eigenvalue weighted by Crippen LogP contribution is 2.23. The number of halogens is 1. The highest BCUT2D eigenvalue weighted by Gasteiger charge is 2.22. The van der Waals surface area contributed by atoms with Gasteiger partial charge in [0.25, 0.3) is 0 Å². The minimum absolute atomic E-state index is 0. The van der Waals surface area contributed by atoms with Crippen LogP contribution in [0.3, 0.4) is 0 Å². The number of nitrogens with zero attached hydrogens (tertiary/aromatic N) is 3. The van der Waals surface area contributed by atoms with Crippen molar-refractivity contribution in [3.05, 3.63) is 51.5 Å². The molecule has 1 aromatic carbocycles. The van der Waals surface area contributed by atoms with Gasteiger partial charge in [-0.05, 0) is 26.3 Å². The number of guanidine groups is 1. The van der Waals surface area contributed by atoms with Gasteiger partial charge >= 0.3 is 0 Å². The summed E-state index contributed by atoms with van der Waals surface area (Å²) in [4.78, 5) is 12.0. The second-order valence-electron chi connectivity index (χ2n) is 7.33. The van der Waals surface area contributed by atoms with Crippen molar-refractivity contribution in [2.45, 2.75) is 33.2 Å². The molecule has 0 spiro atoms. The molecule has 1 aliphatic heterocycles. The van der Waals surface area contributed by atoms with Crippen molar-refractivity contribution in [1.29, 1.82) is 0 Å². The summed E-state index contributed by atoms with van der Waals surface area (Å²) in [5, 5.41) is 10.1. The summed E-state index contributed by atoms with van der Waals surface area (Å²) in [6.07, 6.45) is 0.902. The number of rotatable bonds is 8. The predicted molar refractivity (Wildman–Crippen MR) is 136 cm³/mol. The molecule has 3 rings (SSSR count). The molecule has 2 heterocycles. The molecule has 1 atom stereocenters. The minimum atomic E-state index is 0. The fraction of sp³-hybridized carbons (Fsp3) is 0.545. The van der Waals surface area contributed by atoms with Gasteiger partial charge in [0, 0.05) is 38.0 Å². The van der Waals surface area contributed by atoms with Crippen LogP contribution in [0.5, 0.6) is 0 Å². The highest BCUT2D eigenvalue weighted by molar-refractivity contribution is 14.0. The van der Waals surface area contributed by atoms with Crippen LogP contribution in [0.1, 0.15) is 34.8 Å². The Morgan fingerprint density at radius 3 is 2.73 bits per heavy atom. The molecule has 166 valence electrons. The molecular formula is C22H34IN5OS. The van der Waals surface area contributed by atoms with Gasteiger partial charge in [-0.25, -0.2) is 4.98 Å². The Labute approximate surface area is 201 Å². The van der Waals surface area contributed by atoms with E-state index < -0.39 is 0 Å². The van der Waals surface area contributed by atoms with Gasteiger partial charge in [-0.15, -0.1) is 35.3 Å². The maximum absolute atomic E-state index is 5.56. The molecule has 1 fully saturated rings. The maximum Gasteiger partial charge on any atom is 0.191 e. The number of aryl methyl sites for hydroxylation is 2. The second-order valence-corrected chi connectivity index (χ2v) is 8.39. The quantitative estimate of drug-likeness (QED) is 0.303. The summed E-state index contributed by atoms with van der Waals surface area (Å²) >= 11 is 1.70. The molecule has 1 aromatic heterocycles. The van der Waals surface area contributed by atoms with Crippen LogP contribution in [-0.4, -0.2) is 61.8 Å². The maximum atomic E-state index is 5.56. The molecule has 1 aliphatic rings. The van der Waals surface area contributed by atoms with E-state index >= 15 is 0 Å². The summed E-state index contributed by atoms with van der Waals surface area (Å²) in [6.45, 7) is 12.1. The molecule has 0 radical (unpaired) electrons. The van der Waals surface area contributed by atoms with Gasteiger partial charge in [0.05, 0.1) is 36.5 Å². The van der Waals surface area contributed by atoms with Crippen molar-refractivity contribution in [1.82, 2.24) is 20.5 Å². The van der Waals surface area contributed by atoms with Crippen molar-refractivity contribution in [3.8, 4) is 0 Å². The van der Waals surface area contributed by atoms with Crippen LogP contribution in [0, 0.1) is 13.8 Å². The zero-order valence-corrected chi connectivity index (χ0v) is 21.3. The summed E-state index contributed by atoms with van der Waals surface area (Å²) < 4.78 is 5.56. The van der Waals surface area contributed by atoms with Gasteiger partial charge in [0.1, 0.15) is 0 Å². The number of aliphatic imine (C=N–C) groups is 1. The fourth-order valence-corrected chi connectivity index (χ4v) is 4.20. The average Bonchev–Trinajstić information content (AvgIpc) is 3.14. The molecule has 0 bridgehead atoms. The first-order valence-electron chi connectivity index (χ1n) is 10.5. The molecule has 2 N–H and O–H groups in total. The molecule has 30 heavy (non-hydrogen) atoms. The smallest absolute Gasteiger partial charge is 0.191 e. The van der Waals surface area contributed by atoms with Crippen molar-refractivity contribution in [2.24, 2.45) is 4.99 Å². The number of hydrogen-bond acceptors (Lipinski definition) is 5. The predicted octanol–water partition coefficient (Wildman–Crippen LogP) is 3.55. The lowest BCUT2D eigenvalue weighted by molar-refractivity contribution is 0.0179. The second kappa shape index (κ2) is 13.2. The first-order chi connectivity index (χ1) is 14.2. The largest absolute Gasteiger partial charge is 0.379 e. The molecule has 1 unspecified atom stereocenters. The Balaban J connectivity index is 0.00000320. The van der Waals surface area contributed by atoms with Crippen LogP contribution < -0.4 is 10.6 Å². The van der Waals surface area contributed by atoms with Crippen LogP contribution in [0.25, 0.3) is 0 Å². The van der Waals surface area contributed by atoms with Crippen molar-refractivity contribution < 1.29 is 4.74 Å². The van der Waals surface area contributed by atoms with E-state index in [4.69, 9.17) is 9.73 Å². The third-order valence-electron chi connectivity index (χ3n) is 5.02. The third-order valence-corrected chi connectivity index (χ3v) is 5.84. The molecular weight excluding hydrogens is 509 g/mol. The first-order valence-corrected chi connectivity index (χ1v) is 11.3. The monoisotopic (exact) mass is 543 g/mol. The van der Waals surface area contributed by atoms with Crippen molar-refractivity contribution in [3.63, 3.8) is 0 Å². The van der Waals surface area contributed by atoms with Crippen LogP contribution in [0.4, 0.5) is 0 Å². The van der Waals surface area contributed by atoms with Gasteiger partial charge in [-0.3, -0.25) is 9.89 Å². The molecule has 0 saturated carbocycles. The van der Waals surface area contributed by atoms with Gasteiger partial charge in [0.2, 0.25) is 0 Å². The summed E-state index contributed by atoms with van der Waals surface area (Å²) in [6, 6.07) is 9.04. The number of morpholine rings is 1. The first kappa shape index (κ1) is 25.0. The lowest BCUT2D eigenvalue weighted by Crippen LogP contribution is -2.42.